The average Bonchev–Trinajstić information content (AvgIpc) is 2.86. The maximum atomic E-state index is 12.1. The number of benzene rings is 1. The molecule has 34 heavy (non-hydrogen) atoms. The molecule has 1 rings (SSSR count). The Hall–Kier alpha value is -2.28. The van der Waals surface area contributed by atoms with Crippen molar-refractivity contribution in [2.75, 3.05) is 38.4 Å². The van der Waals surface area contributed by atoms with Crippen molar-refractivity contribution in [3.63, 3.8) is 0 Å². The van der Waals surface area contributed by atoms with Crippen LogP contribution in [-0.2, 0) is 28.5 Å². The van der Waals surface area contributed by atoms with Gasteiger partial charge in [-0.2, -0.15) is 0 Å². The molecule has 1 aromatic carbocycles. The van der Waals surface area contributed by atoms with E-state index in [2.05, 4.69) is 4.74 Å². The Morgan fingerprint density at radius 3 is 1.68 bits per heavy atom. The lowest BCUT2D eigenvalue weighted by Crippen LogP contribution is -2.25. The third kappa shape index (κ3) is 12.8. The van der Waals surface area contributed by atoms with Gasteiger partial charge in [0.1, 0.15) is 25.9 Å². The van der Waals surface area contributed by atoms with Gasteiger partial charge in [-0.25, -0.2) is 9.59 Å². The van der Waals surface area contributed by atoms with Gasteiger partial charge in [0, 0.05) is 11.5 Å². The second-order valence-corrected chi connectivity index (χ2v) is 9.60. The Balaban J connectivity index is 2.23. The van der Waals surface area contributed by atoms with Crippen LogP contribution in [0.1, 0.15) is 46.9 Å². The molecule has 1 aromatic rings. The molecule has 0 radical (unpaired) electrons. The first-order chi connectivity index (χ1) is 16.3. The van der Waals surface area contributed by atoms with Crippen LogP contribution in [0.5, 0.6) is 0 Å². The molecule has 0 bridgehead atoms. The van der Waals surface area contributed by atoms with E-state index in [1.54, 1.807) is 6.92 Å². The summed E-state index contributed by atoms with van der Waals surface area (Å²) in [4.78, 5) is 46.6. The smallest absolute Gasteiger partial charge is 0.338 e. The Bertz CT molecular complexity index is 784. The van der Waals surface area contributed by atoms with Gasteiger partial charge in [-0.3, -0.25) is 9.59 Å². The highest BCUT2D eigenvalue weighted by atomic mass is 33.1. The van der Waals surface area contributed by atoms with Crippen LogP contribution in [0, 0.1) is 0 Å². The fraction of sp³-hybridized carbons (Fsp3) is 0.545. The van der Waals surface area contributed by atoms with Crippen LogP contribution in [0.3, 0.4) is 0 Å². The minimum Gasteiger partial charge on any atom is -0.469 e. The van der Waals surface area contributed by atoms with Gasteiger partial charge in [0.15, 0.2) is 0 Å². The maximum Gasteiger partial charge on any atom is 0.338 e. The van der Waals surface area contributed by atoms with Crippen molar-refractivity contribution in [1.29, 1.82) is 0 Å². The fourth-order valence-corrected chi connectivity index (χ4v) is 4.09. The predicted molar refractivity (Wildman–Crippen MR) is 126 cm³/mol. The van der Waals surface area contributed by atoms with E-state index in [0.29, 0.717) is 24.3 Å². The highest BCUT2D eigenvalue weighted by Gasteiger charge is 2.15. The summed E-state index contributed by atoms with van der Waals surface area (Å²) < 4.78 is 19.4. The summed E-state index contributed by atoms with van der Waals surface area (Å²) in [5.41, 5.74) is 0.378. The van der Waals surface area contributed by atoms with Gasteiger partial charge >= 0.3 is 23.9 Å². The Morgan fingerprint density at radius 1 is 0.765 bits per heavy atom. The molecule has 0 spiro atoms. The van der Waals surface area contributed by atoms with Gasteiger partial charge in [-0.05, 0) is 30.7 Å². The van der Waals surface area contributed by atoms with Gasteiger partial charge < -0.3 is 29.2 Å². The van der Waals surface area contributed by atoms with Crippen molar-refractivity contribution in [3.05, 3.63) is 35.4 Å². The van der Waals surface area contributed by atoms with Gasteiger partial charge in [-0.1, -0.05) is 28.5 Å². The fourth-order valence-electron chi connectivity index (χ4n) is 2.15. The third-order valence-electron chi connectivity index (χ3n) is 4.17. The number of hydrogen-bond donors (Lipinski definition) is 2. The standard InChI is InChI=1S/C22H30O10S2/c1-3-17(23)12-31-21(27)15-4-6-16(7-5-15)22(28)32-14-18(24)13-30-20(26)9-11-34-33-10-8-19(25)29-2/h4-7,17-18,23-24H,3,8-14H2,1-2H3. The van der Waals surface area contributed by atoms with E-state index in [4.69, 9.17) is 14.2 Å². The summed E-state index contributed by atoms with van der Waals surface area (Å²) >= 11 is 0. The zero-order valence-electron chi connectivity index (χ0n) is 19.1. The second-order valence-electron chi connectivity index (χ2n) is 6.89. The normalized spacial score (nSPS) is 12.4. The molecular weight excluding hydrogens is 488 g/mol. The summed E-state index contributed by atoms with van der Waals surface area (Å²) in [5, 5.41) is 19.3. The Labute approximate surface area is 206 Å². The quantitative estimate of drug-likeness (QED) is 0.143. The number of aliphatic hydroxyl groups excluding tert-OH is 2. The Kier molecular flexibility index (Phi) is 15.0. The minimum atomic E-state index is -1.19. The molecule has 2 unspecified atom stereocenters. The molecular formula is C22H30O10S2. The second kappa shape index (κ2) is 17.2. The lowest BCUT2D eigenvalue weighted by Gasteiger charge is -2.12. The van der Waals surface area contributed by atoms with E-state index in [9.17, 15) is 29.4 Å². The number of methoxy groups -OCH3 is 1. The molecule has 0 saturated carbocycles. The van der Waals surface area contributed by atoms with Crippen molar-refractivity contribution in [3.8, 4) is 0 Å². The molecule has 0 aliphatic carbocycles. The van der Waals surface area contributed by atoms with Gasteiger partial charge in [-0.15, -0.1) is 0 Å². The Morgan fingerprint density at radius 2 is 1.21 bits per heavy atom. The summed E-state index contributed by atoms with van der Waals surface area (Å²) in [5.74, 6) is -1.07. The van der Waals surface area contributed by atoms with Gasteiger partial charge in [0.25, 0.3) is 0 Å². The SMILES string of the molecule is CCC(O)COC(=O)c1ccc(C(=O)OCC(O)COC(=O)CCSSCCC(=O)OC)cc1. The van der Waals surface area contributed by atoms with Crippen molar-refractivity contribution in [2.45, 2.75) is 38.4 Å². The number of carbonyl (C=O) groups excluding carboxylic acids is 4. The lowest BCUT2D eigenvalue weighted by atomic mass is 10.1. The summed E-state index contributed by atoms with van der Waals surface area (Å²) in [7, 11) is 4.19. The van der Waals surface area contributed by atoms with E-state index in [0.717, 1.165) is 0 Å². The number of esters is 4. The molecule has 0 aromatic heterocycles. The van der Waals surface area contributed by atoms with Crippen molar-refractivity contribution in [2.24, 2.45) is 0 Å². The topological polar surface area (TPSA) is 146 Å². The monoisotopic (exact) mass is 518 g/mol. The highest BCUT2D eigenvalue weighted by molar-refractivity contribution is 8.76. The number of rotatable bonds is 16. The van der Waals surface area contributed by atoms with E-state index >= 15 is 0 Å². The van der Waals surface area contributed by atoms with E-state index < -0.39 is 30.1 Å². The molecule has 0 saturated heterocycles. The minimum absolute atomic E-state index is 0.115. The number of ether oxygens (including phenoxy) is 4. The zero-order valence-corrected chi connectivity index (χ0v) is 20.7. The van der Waals surface area contributed by atoms with Crippen LogP contribution in [0.25, 0.3) is 0 Å². The van der Waals surface area contributed by atoms with Crippen molar-refractivity contribution < 1.29 is 48.3 Å². The summed E-state index contributed by atoms with van der Waals surface area (Å²) in [6.45, 7) is 0.956. The molecule has 0 fully saturated rings. The molecule has 0 amide bonds. The molecule has 0 aliphatic heterocycles. The van der Waals surface area contributed by atoms with Crippen LogP contribution in [0.4, 0.5) is 0 Å². The first-order valence-electron chi connectivity index (χ1n) is 10.5. The van der Waals surface area contributed by atoms with E-state index in [1.807, 2.05) is 0 Å². The first kappa shape index (κ1) is 29.8. The first-order valence-corrected chi connectivity index (χ1v) is 13.0. The predicted octanol–water partition coefficient (Wildman–Crippen LogP) is 2.01. The molecule has 2 atom stereocenters. The highest BCUT2D eigenvalue weighted by Crippen LogP contribution is 2.22. The van der Waals surface area contributed by atoms with Crippen molar-refractivity contribution in [1.82, 2.24) is 0 Å². The van der Waals surface area contributed by atoms with Crippen LogP contribution in [0.2, 0.25) is 0 Å². The molecule has 10 nitrogen and oxygen atoms in total. The molecule has 0 heterocycles. The lowest BCUT2D eigenvalue weighted by molar-refractivity contribution is -0.146. The summed E-state index contributed by atoms with van der Waals surface area (Å²) in [6.07, 6.45) is -1.03. The third-order valence-corrected chi connectivity index (χ3v) is 6.58. The maximum absolute atomic E-state index is 12.1. The van der Waals surface area contributed by atoms with Crippen LogP contribution < -0.4 is 0 Å². The number of hydrogen-bond acceptors (Lipinski definition) is 12. The molecule has 2 N–H and O–H groups in total. The van der Waals surface area contributed by atoms with E-state index in [1.165, 1.54) is 53.0 Å². The van der Waals surface area contributed by atoms with E-state index in [-0.39, 0.29) is 43.3 Å². The molecule has 12 heteroatoms. The average molecular weight is 519 g/mol. The molecule has 190 valence electrons. The van der Waals surface area contributed by atoms with Crippen molar-refractivity contribution >= 4 is 45.5 Å². The molecule has 0 aliphatic rings. The number of aliphatic hydroxyl groups is 2. The van der Waals surface area contributed by atoms with Gasteiger partial charge in [0.2, 0.25) is 0 Å². The van der Waals surface area contributed by atoms with Crippen LogP contribution in [-0.4, -0.2) is 84.7 Å². The largest absolute Gasteiger partial charge is 0.469 e. The van der Waals surface area contributed by atoms with Crippen LogP contribution >= 0.6 is 21.6 Å². The van der Waals surface area contributed by atoms with Crippen LogP contribution in [0.15, 0.2) is 24.3 Å². The zero-order chi connectivity index (χ0) is 25.3. The summed E-state index contributed by atoms with van der Waals surface area (Å²) in [6, 6.07) is 5.54. The van der Waals surface area contributed by atoms with Gasteiger partial charge in [0.05, 0.1) is 37.2 Å². The number of carbonyl (C=O) groups is 4.